The molecule has 0 aliphatic carbocycles. The van der Waals surface area contributed by atoms with Crippen LogP contribution in [-0.2, 0) is 13.0 Å². The lowest BCUT2D eigenvalue weighted by Crippen LogP contribution is -2.25. The van der Waals surface area contributed by atoms with Gasteiger partial charge >= 0.3 is 0 Å². The van der Waals surface area contributed by atoms with Gasteiger partial charge in [0.25, 0.3) is 11.8 Å². The van der Waals surface area contributed by atoms with Crippen LogP contribution < -0.4 is 15.8 Å². The summed E-state index contributed by atoms with van der Waals surface area (Å²) in [7, 11) is 0. The van der Waals surface area contributed by atoms with Gasteiger partial charge in [-0.05, 0) is 25.0 Å². The molecule has 2 rings (SSSR count). The zero-order chi connectivity index (χ0) is 18.2. The monoisotopic (exact) mass is 344 g/mol. The molecule has 0 fully saturated rings. The Bertz CT molecular complexity index is 740. The van der Waals surface area contributed by atoms with Crippen LogP contribution in [0.1, 0.15) is 58.8 Å². The second-order valence-corrected chi connectivity index (χ2v) is 5.67. The van der Waals surface area contributed by atoms with Crippen LogP contribution in [0.15, 0.2) is 24.3 Å². The van der Waals surface area contributed by atoms with E-state index in [4.69, 9.17) is 10.5 Å². The van der Waals surface area contributed by atoms with Crippen molar-refractivity contribution in [2.45, 2.75) is 39.7 Å². The summed E-state index contributed by atoms with van der Waals surface area (Å²) in [6, 6.07) is 7.07. The Morgan fingerprint density at radius 3 is 2.68 bits per heavy atom. The fourth-order valence-electron chi connectivity index (χ4n) is 2.51. The molecule has 0 radical (unpaired) electrons. The summed E-state index contributed by atoms with van der Waals surface area (Å²) in [4.78, 5) is 24.1. The number of aromatic amines is 1. The van der Waals surface area contributed by atoms with Gasteiger partial charge in [-0.1, -0.05) is 32.4 Å². The van der Waals surface area contributed by atoms with Gasteiger partial charge in [0.1, 0.15) is 5.75 Å². The second-order valence-electron chi connectivity index (χ2n) is 5.67. The van der Waals surface area contributed by atoms with Gasteiger partial charge in [-0.25, -0.2) is 0 Å². The maximum Gasteiger partial charge on any atom is 0.269 e. The Hall–Kier alpha value is -2.83. The van der Waals surface area contributed by atoms with Gasteiger partial charge in [0.15, 0.2) is 5.69 Å². The first-order chi connectivity index (χ1) is 12.1. The number of ether oxygens (including phenoxy) is 1. The molecule has 134 valence electrons. The van der Waals surface area contributed by atoms with E-state index in [9.17, 15) is 9.59 Å². The number of nitrogens with two attached hydrogens (primary N) is 1. The molecule has 4 N–H and O–H groups in total. The molecule has 0 bridgehead atoms. The van der Waals surface area contributed by atoms with Crippen molar-refractivity contribution in [3.05, 3.63) is 46.8 Å². The summed E-state index contributed by atoms with van der Waals surface area (Å²) in [6.07, 6.45) is 2.46. The summed E-state index contributed by atoms with van der Waals surface area (Å²) in [5.74, 6) is -0.349. The topological polar surface area (TPSA) is 110 Å². The van der Waals surface area contributed by atoms with E-state index in [1.807, 2.05) is 19.9 Å². The summed E-state index contributed by atoms with van der Waals surface area (Å²) in [5.41, 5.74) is 7.43. The van der Waals surface area contributed by atoms with Gasteiger partial charge < -0.3 is 15.8 Å². The number of benzene rings is 1. The first-order valence-corrected chi connectivity index (χ1v) is 8.44. The number of H-pyrrole nitrogens is 1. The molecular formula is C18H24N4O3. The Morgan fingerprint density at radius 2 is 2.00 bits per heavy atom. The van der Waals surface area contributed by atoms with Crippen molar-refractivity contribution in [3.63, 3.8) is 0 Å². The molecule has 1 aromatic carbocycles. The van der Waals surface area contributed by atoms with Crippen LogP contribution in [0.5, 0.6) is 5.75 Å². The molecule has 0 saturated carbocycles. The lowest BCUT2D eigenvalue weighted by atomic mass is 10.1. The molecule has 1 heterocycles. The minimum absolute atomic E-state index is 0.166. The van der Waals surface area contributed by atoms with Crippen LogP contribution in [0, 0.1) is 0 Å². The van der Waals surface area contributed by atoms with E-state index < -0.39 is 5.91 Å². The number of para-hydroxylation sites is 1. The normalized spacial score (nSPS) is 10.5. The Balaban J connectivity index is 2.15. The van der Waals surface area contributed by atoms with Gasteiger partial charge in [-0.2, -0.15) is 5.10 Å². The minimum Gasteiger partial charge on any atom is -0.493 e. The van der Waals surface area contributed by atoms with E-state index in [1.54, 1.807) is 18.2 Å². The number of primary amides is 1. The average molecular weight is 344 g/mol. The van der Waals surface area contributed by atoms with E-state index in [2.05, 4.69) is 15.5 Å². The van der Waals surface area contributed by atoms with E-state index >= 15 is 0 Å². The largest absolute Gasteiger partial charge is 0.493 e. The Kier molecular flexibility index (Phi) is 6.56. The lowest BCUT2D eigenvalue weighted by molar-refractivity contribution is 0.0942. The fourth-order valence-corrected chi connectivity index (χ4v) is 2.51. The van der Waals surface area contributed by atoms with Gasteiger partial charge in [0.2, 0.25) is 0 Å². The van der Waals surface area contributed by atoms with E-state index in [0.29, 0.717) is 23.5 Å². The van der Waals surface area contributed by atoms with E-state index in [-0.39, 0.29) is 18.1 Å². The third-order valence-electron chi connectivity index (χ3n) is 3.71. The summed E-state index contributed by atoms with van der Waals surface area (Å²) >= 11 is 0. The summed E-state index contributed by atoms with van der Waals surface area (Å²) < 4.78 is 5.62. The fraction of sp³-hybridized carbons (Fsp3) is 0.389. The summed E-state index contributed by atoms with van der Waals surface area (Å²) in [6.45, 7) is 4.74. The van der Waals surface area contributed by atoms with Crippen molar-refractivity contribution in [1.82, 2.24) is 15.5 Å². The smallest absolute Gasteiger partial charge is 0.269 e. The first kappa shape index (κ1) is 18.5. The molecule has 2 aromatic rings. The number of hydrogen-bond donors (Lipinski definition) is 3. The van der Waals surface area contributed by atoms with Crippen molar-refractivity contribution < 1.29 is 14.3 Å². The van der Waals surface area contributed by atoms with Gasteiger partial charge in [0, 0.05) is 17.8 Å². The van der Waals surface area contributed by atoms with Crippen molar-refractivity contribution in [2.75, 3.05) is 6.61 Å². The van der Waals surface area contributed by atoms with Gasteiger partial charge in [0.05, 0.1) is 12.2 Å². The molecule has 0 aliphatic rings. The molecule has 7 nitrogen and oxygen atoms in total. The third kappa shape index (κ3) is 4.59. The third-order valence-corrected chi connectivity index (χ3v) is 3.71. The quantitative estimate of drug-likeness (QED) is 0.647. The van der Waals surface area contributed by atoms with Crippen LogP contribution >= 0.6 is 0 Å². The Labute approximate surface area is 146 Å². The standard InChI is InChI=1S/C18H24N4O3/c1-3-7-14-13(16(17(19)23)22-21-14)11-20-18(24)12-8-5-6-9-15(12)25-10-4-2/h5-6,8-9H,3-4,7,10-11H2,1-2H3,(H2,19,23)(H,20,24)(H,21,22). The van der Waals surface area contributed by atoms with Gasteiger partial charge in [-0.15, -0.1) is 0 Å². The van der Waals surface area contributed by atoms with E-state index in [0.717, 1.165) is 25.0 Å². The number of carbonyl (C=O) groups excluding carboxylic acids is 2. The maximum atomic E-state index is 12.5. The van der Waals surface area contributed by atoms with Crippen LogP contribution in [0.2, 0.25) is 0 Å². The highest BCUT2D eigenvalue weighted by Crippen LogP contribution is 2.19. The number of aryl methyl sites for hydroxylation is 1. The van der Waals surface area contributed by atoms with Crippen LogP contribution in [0.4, 0.5) is 0 Å². The first-order valence-electron chi connectivity index (χ1n) is 8.44. The minimum atomic E-state index is -0.616. The van der Waals surface area contributed by atoms with E-state index in [1.165, 1.54) is 0 Å². The average Bonchev–Trinajstić information content (AvgIpc) is 3.01. The van der Waals surface area contributed by atoms with Crippen molar-refractivity contribution in [1.29, 1.82) is 0 Å². The van der Waals surface area contributed by atoms with Gasteiger partial charge in [-0.3, -0.25) is 14.7 Å². The van der Waals surface area contributed by atoms with Crippen LogP contribution in [0.25, 0.3) is 0 Å². The number of carbonyl (C=O) groups is 2. The number of nitrogens with zero attached hydrogens (tertiary/aromatic N) is 1. The predicted octanol–water partition coefficient (Wildman–Crippen LogP) is 2.18. The van der Waals surface area contributed by atoms with Crippen molar-refractivity contribution in [3.8, 4) is 5.75 Å². The number of rotatable bonds is 9. The molecule has 0 saturated heterocycles. The highest BCUT2D eigenvalue weighted by atomic mass is 16.5. The predicted molar refractivity (Wildman–Crippen MR) is 94.5 cm³/mol. The molecule has 0 unspecified atom stereocenters. The molecule has 7 heteroatoms. The molecule has 2 amide bonds. The zero-order valence-corrected chi connectivity index (χ0v) is 14.6. The molecule has 0 spiro atoms. The lowest BCUT2D eigenvalue weighted by Gasteiger charge is -2.11. The molecule has 0 atom stereocenters. The highest BCUT2D eigenvalue weighted by Gasteiger charge is 2.19. The highest BCUT2D eigenvalue weighted by molar-refractivity contribution is 5.97. The number of aromatic nitrogens is 2. The maximum absolute atomic E-state index is 12.5. The second kappa shape index (κ2) is 8.86. The molecular weight excluding hydrogens is 320 g/mol. The Morgan fingerprint density at radius 1 is 1.24 bits per heavy atom. The molecule has 25 heavy (non-hydrogen) atoms. The molecule has 1 aromatic heterocycles. The molecule has 0 aliphatic heterocycles. The van der Waals surface area contributed by atoms with Crippen molar-refractivity contribution in [2.24, 2.45) is 5.73 Å². The van der Waals surface area contributed by atoms with Crippen LogP contribution in [0.3, 0.4) is 0 Å². The zero-order valence-electron chi connectivity index (χ0n) is 14.6. The summed E-state index contributed by atoms with van der Waals surface area (Å²) in [5, 5.41) is 9.63. The van der Waals surface area contributed by atoms with Crippen LogP contribution in [-0.4, -0.2) is 28.6 Å². The number of nitrogens with one attached hydrogen (secondary N) is 2. The van der Waals surface area contributed by atoms with Crippen molar-refractivity contribution >= 4 is 11.8 Å². The SMILES string of the molecule is CCCOc1ccccc1C(=O)NCc1c(C(N)=O)n[nH]c1CCC. The number of hydrogen-bond acceptors (Lipinski definition) is 4. The number of amides is 2.